The lowest BCUT2D eigenvalue weighted by molar-refractivity contribution is -0.148. The fraction of sp³-hybridized carbons (Fsp3) is 0.158. The molecule has 0 saturated heterocycles. The standard InChI is InChI=1S/C38H35NO6/c1-38(37(41)42-2,32-21-13-6-14-22-32)39-36(40)31-23-33(43-25-28-15-7-3-8-16-28)35(45-27-30-19-11-5-12-20-30)34(24-31)44-26-29-17-9-4-10-18-29/h3-24H,25-27H2,1-2H3,(H,39,40). The third-order valence-electron chi connectivity index (χ3n) is 7.29. The van der Waals surface area contributed by atoms with Crippen LogP contribution in [0.4, 0.5) is 0 Å². The molecule has 7 heteroatoms. The Bertz CT molecular complexity index is 1630. The summed E-state index contributed by atoms with van der Waals surface area (Å²) in [7, 11) is 1.29. The highest BCUT2D eigenvalue weighted by Crippen LogP contribution is 2.41. The minimum Gasteiger partial charge on any atom is -0.485 e. The van der Waals surface area contributed by atoms with E-state index in [1.165, 1.54) is 7.11 Å². The van der Waals surface area contributed by atoms with Crippen LogP contribution >= 0.6 is 0 Å². The number of hydrogen-bond donors (Lipinski definition) is 1. The zero-order valence-electron chi connectivity index (χ0n) is 25.3. The Kier molecular flexibility index (Phi) is 10.1. The van der Waals surface area contributed by atoms with Crippen LogP contribution in [-0.4, -0.2) is 19.0 Å². The van der Waals surface area contributed by atoms with E-state index in [-0.39, 0.29) is 25.4 Å². The summed E-state index contributed by atoms with van der Waals surface area (Å²) < 4.78 is 24.0. The van der Waals surface area contributed by atoms with Crippen molar-refractivity contribution in [2.45, 2.75) is 32.3 Å². The largest absolute Gasteiger partial charge is 0.485 e. The molecule has 0 fully saturated rings. The van der Waals surface area contributed by atoms with E-state index in [9.17, 15) is 9.59 Å². The number of methoxy groups -OCH3 is 1. The molecule has 0 heterocycles. The van der Waals surface area contributed by atoms with Crippen LogP contribution in [0.5, 0.6) is 17.2 Å². The predicted molar refractivity (Wildman–Crippen MR) is 172 cm³/mol. The van der Waals surface area contributed by atoms with Gasteiger partial charge >= 0.3 is 5.97 Å². The number of amides is 1. The summed E-state index contributed by atoms with van der Waals surface area (Å²) in [5.74, 6) is -0.113. The van der Waals surface area contributed by atoms with E-state index < -0.39 is 17.4 Å². The van der Waals surface area contributed by atoms with Crippen LogP contribution in [0.3, 0.4) is 0 Å². The first-order valence-electron chi connectivity index (χ1n) is 14.6. The molecule has 0 saturated carbocycles. The van der Waals surface area contributed by atoms with E-state index >= 15 is 0 Å². The van der Waals surface area contributed by atoms with E-state index in [1.54, 1.807) is 43.3 Å². The second-order valence-corrected chi connectivity index (χ2v) is 10.6. The molecule has 0 spiro atoms. The Morgan fingerprint density at radius 2 is 1.00 bits per heavy atom. The van der Waals surface area contributed by atoms with Crippen molar-refractivity contribution in [2.24, 2.45) is 0 Å². The van der Waals surface area contributed by atoms with Crippen molar-refractivity contribution in [1.82, 2.24) is 5.32 Å². The number of nitrogens with one attached hydrogen (secondary N) is 1. The summed E-state index contributed by atoms with van der Waals surface area (Å²) in [5.41, 5.74) is 2.18. The van der Waals surface area contributed by atoms with Crippen molar-refractivity contribution in [2.75, 3.05) is 7.11 Å². The van der Waals surface area contributed by atoms with E-state index in [1.807, 2.05) is 97.1 Å². The maximum atomic E-state index is 13.9. The van der Waals surface area contributed by atoms with Crippen LogP contribution < -0.4 is 19.5 Å². The van der Waals surface area contributed by atoms with Gasteiger partial charge in [-0.05, 0) is 41.3 Å². The van der Waals surface area contributed by atoms with Gasteiger partial charge in [-0.25, -0.2) is 4.79 Å². The van der Waals surface area contributed by atoms with Crippen molar-refractivity contribution in [3.63, 3.8) is 0 Å². The van der Waals surface area contributed by atoms with Gasteiger partial charge in [-0.3, -0.25) is 4.79 Å². The smallest absolute Gasteiger partial charge is 0.336 e. The summed E-state index contributed by atoms with van der Waals surface area (Å²) in [4.78, 5) is 26.9. The maximum Gasteiger partial charge on any atom is 0.336 e. The molecular weight excluding hydrogens is 566 g/mol. The highest BCUT2D eigenvalue weighted by Gasteiger charge is 2.38. The predicted octanol–water partition coefficient (Wildman–Crippen LogP) is 7.24. The number of hydrogen-bond acceptors (Lipinski definition) is 6. The molecule has 228 valence electrons. The number of rotatable bonds is 13. The van der Waals surface area contributed by atoms with Crippen LogP contribution in [0.2, 0.25) is 0 Å². The molecule has 0 radical (unpaired) electrons. The van der Waals surface area contributed by atoms with Crippen molar-refractivity contribution < 1.29 is 28.5 Å². The molecule has 1 N–H and O–H groups in total. The normalized spacial score (nSPS) is 12.0. The molecule has 0 aliphatic rings. The van der Waals surface area contributed by atoms with Crippen LogP contribution in [0.25, 0.3) is 0 Å². The third-order valence-corrected chi connectivity index (χ3v) is 7.29. The van der Waals surface area contributed by atoms with Gasteiger partial charge < -0.3 is 24.3 Å². The molecule has 1 unspecified atom stereocenters. The fourth-order valence-corrected chi connectivity index (χ4v) is 4.78. The molecule has 1 amide bonds. The lowest BCUT2D eigenvalue weighted by atomic mass is 9.91. The maximum absolute atomic E-state index is 13.9. The van der Waals surface area contributed by atoms with Crippen LogP contribution in [0.15, 0.2) is 133 Å². The molecule has 45 heavy (non-hydrogen) atoms. The van der Waals surface area contributed by atoms with Gasteiger partial charge in [0.15, 0.2) is 17.0 Å². The monoisotopic (exact) mass is 601 g/mol. The topological polar surface area (TPSA) is 83.1 Å². The van der Waals surface area contributed by atoms with Crippen LogP contribution in [0, 0.1) is 0 Å². The van der Waals surface area contributed by atoms with Crippen molar-refractivity contribution >= 4 is 11.9 Å². The van der Waals surface area contributed by atoms with Gasteiger partial charge in [-0.2, -0.15) is 0 Å². The van der Waals surface area contributed by atoms with Crippen LogP contribution in [0.1, 0.15) is 39.5 Å². The minimum absolute atomic E-state index is 0.222. The third kappa shape index (κ3) is 7.89. The van der Waals surface area contributed by atoms with Crippen molar-refractivity contribution in [1.29, 1.82) is 0 Å². The summed E-state index contributed by atoms with van der Waals surface area (Å²) in [6.45, 7) is 2.33. The number of esters is 1. The Morgan fingerprint density at radius 3 is 1.42 bits per heavy atom. The lowest BCUT2D eigenvalue weighted by Crippen LogP contribution is -2.50. The van der Waals surface area contributed by atoms with E-state index in [2.05, 4.69) is 5.32 Å². The summed E-state index contributed by atoms with van der Waals surface area (Å²) >= 11 is 0. The average molecular weight is 602 g/mol. The summed E-state index contributed by atoms with van der Waals surface area (Å²) in [6, 6.07) is 41.3. The zero-order chi connectivity index (χ0) is 31.5. The first kappa shape index (κ1) is 30.9. The Labute approximate surface area is 263 Å². The molecule has 0 bridgehead atoms. The zero-order valence-corrected chi connectivity index (χ0v) is 25.3. The van der Waals surface area contributed by atoms with E-state index in [4.69, 9.17) is 18.9 Å². The second-order valence-electron chi connectivity index (χ2n) is 10.6. The molecule has 5 rings (SSSR count). The number of carbonyl (C=O) groups excluding carboxylic acids is 2. The number of benzene rings is 5. The Balaban J connectivity index is 1.54. The van der Waals surface area contributed by atoms with Gasteiger partial charge in [0.25, 0.3) is 5.91 Å². The molecule has 0 aromatic heterocycles. The fourth-order valence-electron chi connectivity index (χ4n) is 4.78. The Hall–Kier alpha value is -5.56. The van der Waals surface area contributed by atoms with Gasteiger partial charge in [0, 0.05) is 5.56 Å². The van der Waals surface area contributed by atoms with Crippen molar-refractivity contribution in [3.05, 3.63) is 161 Å². The lowest BCUT2D eigenvalue weighted by Gasteiger charge is -2.28. The minimum atomic E-state index is -1.45. The van der Waals surface area contributed by atoms with Crippen molar-refractivity contribution in [3.8, 4) is 17.2 Å². The summed E-state index contributed by atoms with van der Waals surface area (Å²) in [5, 5.41) is 2.89. The van der Waals surface area contributed by atoms with Gasteiger partial charge in [-0.1, -0.05) is 121 Å². The van der Waals surface area contributed by atoms with Gasteiger partial charge in [0.2, 0.25) is 5.75 Å². The molecular formula is C38H35NO6. The van der Waals surface area contributed by atoms with E-state index in [0.29, 0.717) is 22.8 Å². The number of ether oxygens (including phenoxy) is 4. The molecule has 0 aliphatic heterocycles. The highest BCUT2D eigenvalue weighted by molar-refractivity contribution is 5.99. The SMILES string of the molecule is COC(=O)C(C)(NC(=O)c1cc(OCc2ccccc2)c(OCc2ccccc2)c(OCc2ccccc2)c1)c1ccccc1. The first-order chi connectivity index (χ1) is 22.0. The summed E-state index contributed by atoms with van der Waals surface area (Å²) in [6.07, 6.45) is 0. The highest BCUT2D eigenvalue weighted by atomic mass is 16.5. The average Bonchev–Trinajstić information content (AvgIpc) is 3.10. The van der Waals surface area contributed by atoms with Gasteiger partial charge in [-0.15, -0.1) is 0 Å². The first-order valence-corrected chi connectivity index (χ1v) is 14.6. The van der Waals surface area contributed by atoms with E-state index in [0.717, 1.165) is 16.7 Å². The second kappa shape index (κ2) is 14.8. The quantitative estimate of drug-likeness (QED) is 0.143. The van der Waals surface area contributed by atoms with Gasteiger partial charge in [0.05, 0.1) is 7.11 Å². The molecule has 0 aliphatic carbocycles. The van der Waals surface area contributed by atoms with Crippen LogP contribution in [-0.2, 0) is 34.9 Å². The number of carbonyl (C=O) groups is 2. The molecule has 5 aromatic rings. The molecule has 1 atom stereocenters. The Morgan fingerprint density at radius 1 is 0.600 bits per heavy atom. The molecule has 5 aromatic carbocycles. The van der Waals surface area contributed by atoms with Gasteiger partial charge in [0.1, 0.15) is 19.8 Å². The molecule has 7 nitrogen and oxygen atoms in total.